The Morgan fingerprint density at radius 2 is 1.85 bits per heavy atom. The van der Waals surface area contributed by atoms with Crippen molar-refractivity contribution in [1.29, 1.82) is 0 Å². The maximum absolute atomic E-state index is 13.7. The lowest BCUT2D eigenvalue weighted by Crippen LogP contribution is -2.55. The molecule has 0 saturated carbocycles. The molecule has 1 saturated heterocycles. The molecule has 1 aromatic heterocycles. The normalized spacial score (nSPS) is 23.2. The first-order chi connectivity index (χ1) is 16.5. The highest BCUT2D eigenvalue weighted by Gasteiger charge is 2.34. The number of fused-ring (bicyclic) bond motifs is 1. The van der Waals surface area contributed by atoms with Crippen LogP contribution in [0.3, 0.4) is 0 Å². The first-order valence-corrected chi connectivity index (χ1v) is 12.5. The van der Waals surface area contributed by atoms with Crippen molar-refractivity contribution in [3.8, 4) is 0 Å². The maximum Gasteiger partial charge on any atom is 0.245 e. The van der Waals surface area contributed by atoms with Crippen molar-refractivity contribution in [2.75, 3.05) is 37.6 Å². The van der Waals surface area contributed by atoms with E-state index < -0.39 is 6.17 Å². The molecule has 3 atom stereocenters. The van der Waals surface area contributed by atoms with Gasteiger partial charge in [0.05, 0.1) is 0 Å². The number of piperazine rings is 1. The molecular weight excluding hydrogens is 429 g/mol. The van der Waals surface area contributed by atoms with Gasteiger partial charge in [0.25, 0.3) is 0 Å². The van der Waals surface area contributed by atoms with E-state index in [2.05, 4.69) is 53.0 Å². The predicted octanol–water partition coefficient (Wildman–Crippen LogP) is 3.65. The average molecular weight is 464 g/mol. The standard InChI is InChI=1S/C27H34FN5O/c1-19-3-6-21(7-4-19)17-24(31-11-9-22(28)10-12-31)27(34)33-15-13-32(14-16-33)26-25-20(2)5-8-23(25)29-18-30-26/h3-4,6-7,9,11,18,20,22,24H,5,8,10,12-17H2,1-2H3/t20-,22?,24?/m1/s1. The zero-order valence-electron chi connectivity index (χ0n) is 20.2. The summed E-state index contributed by atoms with van der Waals surface area (Å²) >= 11 is 0. The van der Waals surface area contributed by atoms with E-state index in [-0.39, 0.29) is 11.9 Å². The fraction of sp³-hybridized carbons (Fsp3) is 0.519. The molecule has 0 radical (unpaired) electrons. The molecule has 1 amide bonds. The minimum Gasteiger partial charge on any atom is -0.365 e. The van der Waals surface area contributed by atoms with E-state index in [9.17, 15) is 9.18 Å². The molecule has 2 aliphatic heterocycles. The van der Waals surface area contributed by atoms with Crippen molar-refractivity contribution in [3.05, 3.63) is 65.3 Å². The molecule has 3 aliphatic rings. The first-order valence-electron chi connectivity index (χ1n) is 12.5. The highest BCUT2D eigenvalue weighted by molar-refractivity contribution is 5.83. The summed E-state index contributed by atoms with van der Waals surface area (Å²) in [5, 5.41) is 0. The number of aromatic nitrogens is 2. The molecule has 6 nitrogen and oxygen atoms in total. The van der Waals surface area contributed by atoms with Crippen LogP contribution in [0.4, 0.5) is 10.2 Å². The number of anilines is 1. The SMILES string of the molecule is Cc1ccc(CC(C(=O)N2CCN(c3ncnc4c3[C@H](C)CC4)CC2)N2C=CC(F)CC2)cc1. The van der Waals surface area contributed by atoms with E-state index in [0.717, 1.165) is 37.3 Å². The summed E-state index contributed by atoms with van der Waals surface area (Å²) in [5.41, 5.74) is 4.80. The van der Waals surface area contributed by atoms with Crippen LogP contribution in [0.1, 0.15) is 48.1 Å². The second kappa shape index (κ2) is 9.72. The number of halogens is 1. The molecule has 1 aliphatic carbocycles. The Morgan fingerprint density at radius 1 is 1.09 bits per heavy atom. The Kier molecular flexibility index (Phi) is 6.53. The van der Waals surface area contributed by atoms with E-state index in [1.165, 1.54) is 16.8 Å². The Bertz CT molecular complexity index is 1050. The lowest BCUT2D eigenvalue weighted by Gasteiger charge is -2.40. The molecule has 2 aromatic rings. The summed E-state index contributed by atoms with van der Waals surface area (Å²) in [4.78, 5) is 29.2. The van der Waals surface area contributed by atoms with Gasteiger partial charge >= 0.3 is 0 Å². The van der Waals surface area contributed by atoms with Gasteiger partial charge in [0.2, 0.25) is 5.91 Å². The molecule has 180 valence electrons. The molecule has 7 heteroatoms. The summed E-state index contributed by atoms with van der Waals surface area (Å²) in [6.45, 7) is 7.74. The van der Waals surface area contributed by atoms with Gasteiger partial charge in [-0.05, 0) is 49.9 Å². The highest BCUT2D eigenvalue weighted by Crippen LogP contribution is 2.37. The first kappa shape index (κ1) is 22.8. The number of alkyl halides is 1. The van der Waals surface area contributed by atoms with Gasteiger partial charge in [-0.2, -0.15) is 0 Å². The van der Waals surface area contributed by atoms with Crippen molar-refractivity contribution in [2.24, 2.45) is 0 Å². The van der Waals surface area contributed by atoms with Gasteiger partial charge in [0.15, 0.2) is 0 Å². The van der Waals surface area contributed by atoms with Crippen molar-refractivity contribution in [3.63, 3.8) is 0 Å². The lowest BCUT2D eigenvalue weighted by atomic mass is 10.0. The zero-order chi connectivity index (χ0) is 23.7. The number of amides is 1. The number of rotatable bonds is 5. The highest BCUT2D eigenvalue weighted by atomic mass is 19.1. The summed E-state index contributed by atoms with van der Waals surface area (Å²) in [6.07, 6.45) is 7.32. The van der Waals surface area contributed by atoms with Crippen LogP contribution >= 0.6 is 0 Å². The van der Waals surface area contributed by atoms with Gasteiger partial charge in [-0.25, -0.2) is 14.4 Å². The molecule has 34 heavy (non-hydrogen) atoms. The lowest BCUT2D eigenvalue weighted by molar-refractivity contribution is -0.136. The molecular formula is C27H34FN5O. The molecule has 3 heterocycles. The van der Waals surface area contributed by atoms with Crippen LogP contribution in [-0.4, -0.2) is 70.6 Å². The van der Waals surface area contributed by atoms with Gasteiger partial charge in [-0.3, -0.25) is 4.79 Å². The summed E-state index contributed by atoms with van der Waals surface area (Å²) in [5.74, 6) is 1.66. The van der Waals surface area contributed by atoms with Crippen LogP contribution in [0.5, 0.6) is 0 Å². The van der Waals surface area contributed by atoms with Crippen LogP contribution < -0.4 is 4.90 Å². The number of carbonyl (C=O) groups is 1. The number of allylic oxidation sites excluding steroid dienone is 1. The zero-order valence-corrected chi connectivity index (χ0v) is 20.2. The number of nitrogens with zero attached hydrogens (tertiary/aromatic N) is 5. The smallest absolute Gasteiger partial charge is 0.245 e. The maximum atomic E-state index is 13.7. The summed E-state index contributed by atoms with van der Waals surface area (Å²) in [6, 6.07) is 8.04. The second-order valence-corrected chi connectivity index (χ2v) is 9.90. The van der Waals surface area contributed by atoms with Crippen LogP contribution in [0, 0.1) is 6.92 Å². The van der Waals surface area contributed by atoms with Gasteiger partial charge < -0.3 is 14.7 Å². The van der Waals surface area contributed by atoms with E-state index >= 15 is 0 Å². The third-order valence-electron chi connectivity index (χ3n) is 7.53. The molecule has 0 spiro atoms. The topological polar surface area (TPSA) is 52.6 Å². The number of aryl methyl sites for hydroxylation is 2. The van der Waals surface area contributed by atoms with Crippen LogP contribution in [-0.2, 0) is 17.6 Å². The molecule has 0 N–H and O–H groups in total. The summed E-state index contributed by atoms with van der Waals surface area (Å²) < 4.78 is 13.7. The largest absolute Gasteiger partial charge is 0.365 e. The fourth-order valence-electron chi connectivity index (χ4n) is 5.43. The second-order valence-electron chi connectivity index (χ2n) is 9.90. The Hall–Kier alpha value is -2.96. The third-order valence-corrected chi connectivity index (χ3v) is 7.53. The van der Waals surface area contributed by atoms with Crippen molar-refractivity contribution < 1.29 is 9.18 Å². The molecule has 0 bridgehead atoms. The van der Waals surface area contributed by atoms with Crippen LogP contribution in [0.15, 0.2) is 42.9 Å². The molecule has 1 aromatic carbocycles. The minimum atomic E-state index is -0.924. The Morgan fingerprint density at radius 3 is 2.56 bits per heavy atom. The van der Waals surface area contributed by atoms with Crippen molar-refractivity contribution >= 4 is 11.7 Å². The van der Waals surface area contributed by atoms with Crippen LogP contribution in [0.25, 0.3) is 0 Å². The van der Waals surface area contributed by atoms with Crippen molar-refractivity contribution in [2.45, 2.75) is 57.7 Å². The Balaban J connectivity index is 1.30. The summed E-state index contributed by atoms with van der Waals surface area (Å²) in [7, 11) is 0. The van der Waals surface area contributed by atoms with E-state index in [1.54, 1.807) is 18.6 Å². The van der Waals surface area contributed by atoms with Gasteiger partial charge in [-0.15, -0.1) is 0 Å². The number of benzene rings is 1. The van der Waals surface area contributed by atoms with Gasteiger partial charge in [0, 0.05) is 50.4 Å². The molecule has 2 unspecified atom stereocenters. The van der Waals surface area contributed by atoms with Gasteiger partial charge in [0.1, 0.15) is 24.4 Å². The van der Waals surface area contributed by atoms with E-state index in [1.807, 2.05) is 9.80 Å². The van der Waals surface area contributed by atoms with Gasteiger partial charge in [-0.1, -0.05) is 36.8 Å². The van der Waals surface area contributed by atoms with Crippen molar-refractivity contribution in [1.82, 2.24) is 19.8 Å². The van der Waals surface area contributed by atoms with Crippen LogP contribution in [0.2, 0.25) is 0 Å². The number of hydrogen-bond acceptors (Lipinski definition) is 5. The Labute approximate surface area is 201 Å². The minimum absolute atomic E-state index is 0.128. The monoisotopic (exact) mass is 463 g/mol. The molecule has 5 rings (SSSR count). The molecule has 1 fully saturated rings. The predicted molar refractivity (Wildman–Crippen MR) is 132 cm³/mol. The average Bonchev–Trinajstić information content (AvgIpc) is 3.25. The van der Waals surface area contributed by atoms with E-state index in [4.69, 9.17) is 0 Å². The number of carbonyl (C=O) groups excluding carboxylic acids is 1. The van der Waals surface area contributed by atoms with E-state index in [0.29, 0.717) is 38.4 Å². The fourth-order valence-corrected chi connectivity index (χ4v) is 5.43. The third kappa shape index (κ3) is 4.65. The number of hydrogen-bond donors (Lipinski definition) is 0. The quantitative estimate of drug-likeness (QED) is 0.678.